The number of rotatable bonds is 7. The predicted octanol–water partition coefficient (Wildman–Crippen LogP) is 1.17. The average Bonchev–Trinajstić information content (AvgIpc) is 2.63. The second-order valence-corrected chi connectivity index (χ2v) is 7.85. The minimum absolute atomic E-state index is 0.0149. The normalized spacial score (nSPS) is 22.2. The van der Waals surface area contributed by atoms with Crippen LogP contribution in [0.25, 0.3) is 0 Å². The fourth-order valence-corrected chi connectivity index (χ4v) is 3.61. The van der Waals surface area contributed by atoms with E-state index in [1.54, 1.807) is 0 Å². The van der Waals surface area contributed by atoms with Gasteiger partial charge in [-0.05, 0) is 18.8 Å². The first-order valence-corrected chi connectivity index (χ1v) is 9.81. The van der Waals surface area contributed by atoms with E-state index in [0.29, 0.717) is 25.7 Å². The van der Waals surface area contributed by atoms with Gasteiger partial charge in [0.05, 0.1) is 19.6 Å². The van der Waals surface area contributed by atoms with Crippen LogP contribution in [-0.2, 0) is 19.1 Å². The maximum absolute atomic E-state index is 12.7. The van der Waals surface area contributed by atoms with Crippen LogP contribution in [0.3, 0.4) is 0 Å². The van der Waals surface area contributed by atoms with Crippen LogP contribution in [0, 0.1) is 5.92 Å². The first-order chi connectivity index (χ1) is 12.4. The molecule has 1 saturated heterocycles. The number of likely N-dealkylation sites (N-methyl/N-ethyl adjacent to an activating group) is 1. The van der Waals surface area contributed by atoms with Gasteiger partial charge in [-0.3, -0.25) is 19.3 Å². The second kappa shape index (κ2) is 9.90. The van der Waals surface area contributed by atoms with E-state index in [4.69, 9.17) is 4.74 Å². The zero-order valence-corrected chi connectivity index (χ0v) is 16.3. The van der Waals surface area contributed by atoms with Gasteiger partial charge in [-0.25, -0.2) is 0 Å². The lowest BCUT2D eigenvalue weighted by Gasteiger charge is -2.37. The Morgan fingerprint density at radius 1 is 1.27 bits per heavy atom. The molecule has 2 fully saturated rings. The van der Waals surface area contributed by atoms with Gasteiger partial charge in [0.1, 0.15) is 6.04 Å². The molecule has 1 aliphatic heterocycles. The minimum atomic E-state index is -0.632. The van der Waals surface area contributed by atoms with Crippen molar-refractivity contribution in [3.8, 4) is 0 Å². The number of nitrogens with one attached hydrogen (secondary N) is 1. The van der Waals surface area contributed by atoms with Crippen LogP contribution in [0.15, 0.2) is 0 Å². The fraction of sp³-hybridized carbons (Fsp3) is 0.842. The molecule has 1 atom stereocenters. The lowest BCUT2D eigenvalue weighted by Crippen LogP contribution is -2.58. The van der Waals surface area contributed by atoms with Crippen molar-refractivity contribution in [1.82, 2.24) is 15.1 Å². The molecular formula is C19H33N3O4. The molecule has 0 aromatic heterocycles. The molecule has 148 valence electrons. The van der Waals surface area contributed by atoms with Crippen molar-refractivity contribution < 1.29 is 19.1 Å². The van der Waals surface area contributed by atoms with Gasteiger partial charge in [0.25, 0.3) is 0 Å². The molecule has 1 unspecified atom stereocenters. The van der Waals surface area contributed by atoms with Gasteiger partial charge in [-0.1, -0.05) is 33.1 Å². The Balaban J connectivity index is 1.92. The third kappa shape index (κ3) is 5.97. The summed E-state index contributed by atoms with van der Waals surface area (Å²) in [6.07, 6.45) is 5.66. The van der Waals surface area contributed by atoms with E-state index >= 15 is 0 Å². The molecule has 2 aliphatic rings. The lowest BCUT2D eigenvalue weighted by atomic mass is 9.94. The number of nitrogens with zero attached hydrogens (tertiary/aromatic N) is 2. The summed E-state index contributed by atoms with van der Waals surface area (Å²) in [7, 11) is 1.86. The molecule has 1 heterocycles. The van der Waals surface area contributed by atoms with Crippen molar-refractivity contribution in [3.63, 3.8) is 0 Å². The molecular weight excluding hydrogens is 334 g/mol. The molecule has 7 nitrogen and oxygen atoms in total. The smallest absolute Gasteiger partial charge is 0.307 e. The topological polar surface area (TPSA) is 79.0 Å². The lowest BCUT2D eigenvalue weighted by molar-refractivity contribution is -0.150. The van der Waals surface area contributed by atoms with E-state index in [9.17, 15) is 14.4 Å². The number of ether oxygens (including phenoxy) is 1. The number of carbonyl (C=O) groups is 3. The van der Waals surface area contributed by atoms with Gasteiger partial charge in [-0.15, -0.1) is 0 Å². The Morgan fingerprint density at radius 2 is 1.96 bits per heavy atom. The summed E-state index contributed by atoms with van der Waals surface area (Å²) < 4.78 is 5.21. The van der Waals surface area contributed by atoms with Crippen molar-refractivity contribution in [2.75, 3.05) is 33.3 Å². The Kier molecular flexibility index (Phi) is 7.87. The zero-order valence-electron chi connectivity index (χ0n) is 16.3. The third-order valence-corrected chi connectivity index (χ3v) is 5.23. The highest BCUT2D eigenvalue weighted by molar-refractivity contribution is 5.88. The SMILES string of the molecule is CC(C)COC(=O)CC1C(=O)NCCN1CC(=O)N(C)C1CCCCC1. The average molecular weight is 367 g/mol. The minimum Gasteiger partial charge on any atom is -0.465 e. The maximum atomic E-state index is 12.7. The van der Waals surface area contributed by atoms with Crippen LogP contribution < -0.4 is 5.32 Å². The third-order valence-electron chi connectivity index (χ3n) is 5.23. The Hall–Kier alpha value is -1.63. The van der Waals surface area contributed by atoms with E-state index in [0.717, 1.165) is 12.8 Å². The summed E-state index contributed by atoms with van der Waals surface area (Å²) in [6, 6.07) is -0.337. The summed E-state index contributed by atoms with van der Waals surface area (Å²) in [5, 5.41) is 2.78. The van der Waals surface area contributed by atoms with Gasteiger partial charge in [0.15, 0.2) is 0 Å². The van der Waals surface area contributed by atoms with Crippen molar-refractivity contribution in [3.05, 3.63) is 0 Å². The fourth-order valence-electron chi connectivity index (χ4n) is 3.61. The molecule has 0 spiro atoms. The Bertz CT molecular complexity index is 503. The molecule has 1 N–H and O–H groups in total. The van der Waals surface area contributed by atoms with Gasteiger partial charge in [0, 0.05) is 26.2 Å². The molecule has 1 aliphatic carbocycles. The number of hydrogen-bond acceptors (Lipinski definition) is 5. The van der Waals surface area contributed by atoms with E-state index < -0.39 is 6.04 Å². The second-order valence-electron chi connectivity index (χ2n) is 7.85. The van der Waals surface area contributed by atoms with E-state index in [2.05, 4.69) is 5.32 Å². The Morgan fingerprint density at radius 3 is 2.62 bits per heavy atom. The predicted molar refractivity (Wildman–Crippen MR) is 98.4 cm³/mol. The van der Waals surface area contributed by atoms with Crippen molar-refractivity contribution in [2.45, 2.75) is 64.5 Å². The van der Waals surface area contributed by atoms with Crippen LogP contribution >= 0.6 is 0 Å². The monoisotopic (exact) mass is 367 g/mol. The standard InChI is InChI=1S/C19H33N3O4/c1-14(2)13-26-18(24)11-16-19(25)20-9-10-22(16)12-17(23)21(3)15-7-5-4-6-8-15/h14-16H,4-13H2,1-3H3,(H,20,25). The number of hydrogen-bond donors (Lipinski definition) is 1. The Labute approximate surface area is 156 Å². The largest absolute Gasteiger partial charge is 0.465 e. The molecule has 26 heavy (non-hydrogen) atoms. The molecule has 2 amide bonds. The van der Waals surface area contributed by atoms with E-state index in [1.165, 1.54) is 19.3 Å². The van der Waals surface area contributed by atoms with E-state index in [1.807, 2.05) is 30.7 Å². The molecule has 7 heteroatoms. The molecule has 1 saturated carbocycles. The first kappa shape index (κ1) is 20.7. The summed E-state index contributed by atoms with van der Waals surface area (Å²) in [5.41, 5.74) is 0. The van der Waals surface area contributed by atoms with Gasteiger partial charge < -0.3 is 15.0 Å². The zero-order chi connectivity index (χ0) is 19.1. The van der Waals surface area contributed by atoms with Crippen LogP contribution in [0.4, 0.5) is 0 Å². The van der Waals surface area contributed by atoms with Crippen LogP contribution in [0.5, 0.6) is 0 Å². The maximum Gasteiger partial charge on any atom is 0.307 e. The summed E-state index contributed by atoms with van der Waals surface area (Å²) in [6.45, 7) is 5.51. The summed E-state index contributed by atoms with van der Waals surface area (Å²) in [5.74, 6) is -0.321. The van der Waals surface area contributed by atoms with Crippen molar-refractivity contribution >= 4 is 17.8 Å². The molecule has 0 radical (unpaired) electrons. The number of piperazine rings is 1. The highest BCUT2D eigenvalue weighted by Gasteiger charge is 2.34. The quantitative estimate of drug-likeness (QED) is 0.683. The van der Waals surface area contributed by atoms with E-state index in [-0.39, 0.29) is 36.7 Å². The van der Waals surface area contributed by atoms with Gasteiger partial charge in [-0.2, -0.15) is 0 Å². The summed E-state index contributed by atoms with van der Waals surface area (Å²) in [4.78, 5) is 40.6. The molecule has 2 rings (SSSR count). The van der Waals surface area contributed by atoms with Crippen LogP contribution in [-0.4, -0.2) is 73.0 Å². The summed E-state index contributed by atoms with van der Waals surface area (Å²) >= 11 is 0. The van der Waals surface area contributed by atoms with Crippen LogP contribution in [0.1, 0.15) is 52.4 Å². The van der Waals surface area contributed by atoms with Crippen molar-refractivity contribution in [2.24, 2.45) is 5.92 Å². The highest BCUT2D eigenvalue weighted by atomic mass is 16.5. The van der Waals surface area contributed by atoms with Gasteiger partial charge >= 0.3 is 5.97 Å². The number of carbonyl (C=O) groups excluding carboxylic acids is 3. The number of amides is 2. The molecule has 0 bridgehead atoms. The highest BCUT2D eigenvalue weighted by Crippen LogP contribution is 2.22. The van der Waals surface area contributed by atoms with Crippen LogP contribution in [0.2, 0.25) is 0 Å². The molecule has 0 aromatic carbocycles. The van der Waals surface area contributed by atoms with Crippen molar-refractivity contribution in [1.29, 1.82) is 0 Å². The molecule has 0 aromatic rings. The number of esters is 1. The van der Waals surface area contributed by atoms with Gasteiger partial charge in [0.2, 0.25) is 11.8 Å². The first-order valence-electron chi connectivity index (χ1n) is 9.81.